The van der Waals surface area contributed by atoms with Crippen LogP contribution in [0.5, 0.6) is 0 Å². The van der Waals surface area contributed by atoms with Gasteiger partial charge in [-0.3, -0.25) is 0 Å². The summed E-state index contributed by atoms with van der Waals surface area (Å²) in [5.41, 5.74) is 1.72. The largest absolute Gasteiger partial charge is 0.478 e. The highest BCUT2D eigenvalue weighted by atomic mass is 32.2. The van der Waals surface area contributed by atoms with Gasteiger partial charge in [0, 0.05) is 0 Å². The molecule has 0 amide bonds. The normalized spacial score (nSPS) is 10.6. The van der Waals surface area contributed by atoms with Crippen LogP contribution in [0.1, 0.15) is 35.5 Å². The molecule has 8 heteroatoms. The second kappa shape index (κ2) is 6.07. The van der Waals surface area contributed by atoms with Gasteiger partial charge in [0.05, 0.1) is 11.3 Å². The summed E-state index contributed by atoms with van der Waals surface area (Å²) in [4.78, 5) is 15.5. The van der Waals surface area contributed by atoms with Crippen molar-refractivity contribution >= 4 is 29.3 Å². The first-order valence-electron chi connectivity index (χ1n) is 5.73. The number of aryl methyl sites for hydroxylation is 1. The van der Waals surface area contributed by atoms with Gasteiger partial charge in [0.15, 0.2) is 4.34 Å². The SMILES string of the molecule is CCc1nnc(Sc2ncns2)c(C(=O)O)c1CC. The van der Waals surface area contributed by atoms with Crippen LogP contribution in [0.15, 0.2) is 15.7 Å². The molecule has 0 aromatic carbocycles. The van der Waals surface area contributed by atoms with E-state index in [-0.39, 0.29) is 5.56 Å². The van der Waals surface area contributed by atoms with Crippen molar-refractivity contribution in [3.8, 4) is 0 Å². The molecule has 2 heterocycles. The Morgan fingerprint density at radius 2 is 2.16 bits per heavy atom. The van der Waals surface area contributed by atoms with E-state index in [4.69, 9.17) is 0 Å². The maximum Gasteiger partial charge on any atom is 0.338 e. The fraction of sp³-hybridized carbons (Fsp3) is 0.364. The molecule has 0 saturated carbocycles. The summed E-state index contributed by atoms with van der Waals surface area (Å²) in [6.45, 7) is 3.86. The summed E-state index contributed by atoms with van der Waals surface area (Å²) < 4.78 is 4.54. The summed E-state index contributed by atoms with van der Waals surface area (Å²) in [7, 11) is 0. The van der Waals surface area contributed by atoms with E-state index in [1.54, 1.807) is 0 Å². The lowest BCUT2D eigenvalue weighted by atomic mass is 10.0. The van der Waals surface area contributed by atoms with Crippen molar-refractivity contribution in [1.29, 1.82) is 0 Å². The van der Waals surface area contributed by atoms with E-state index in [2.05, 4.69) is 19.6 Å². The number of carboxylic acids is 1. The third-order valence-electron chi connectivity index (χ3n) is 2.55. The standard InChI is InChI=1S/C11H12N4O2S2/c1-3-6-7(4-2)14-15-9(8(6)10(16)17)18-11-12-5-13-19-11/h5H,3-4H2,1-2H3,(H,16,17). The summed E-state index contributed by atoms with van der Waals surface area (Å²) >= 11 is 2.39. The minimum absolute atomic E-state index is 0.231. The Balaban J connectivity index is 2.51. The van der Waals surface area contributed by atoms with Gasteiger partial charge in [0.1, 0.15) is 11.4 Å². The minimum Gasteiger partial charge on any atom is -0.478 e. The number of carbonyl (C=O) groups is 1. The van der Waals surface area contributed by atoms with Crippen molar-refractivity contribution in [3.63, 3.8) is 0 Å². The molecule has 1 N–H and O–H groups in total. The molecule has 0 radical (unpaired) electrons. The summed E-state index contributed by atoms with van der Waals surface area (Å²) in [5.74, 6) is -0.978. The molecule has 0 unspecified atom stereocenters. The molecule has 0 atom stereocenters. The molecule has 2 aromatic heterocycles. The van der Waals surface area contributed by atoms with Gasteiger partial charge in [-0.05, 0) is 41.7 Å². The van der Waals surface area contributed by atoms with Gasteiger partial charge in [0.2, 0.25) is 0 Å². The van der Waals surface area contributed by atoms with E-state index in [1.165, 1.54) is 29.6 Å². The smallest absolute Gasteiger partial charge is 0.338 e. The Bertz CT molecular complexity index is 587. The molecule has 0 aliphatic heterocycles. The third-order valence-corrected chi connectivity index (χ3v) is 4.25. The van der Waals surface area contributed by atoms with Gasteiger partial charge in [0.25, 0.3) is 0 Å². The van der Waals surface area contributed by atoms with E-state index >= 15 is 0 Å². The predicted molar refractivity (Wildman–Crippen MR) is 71.8 cm³/mol. The van der Waals surface area contributed by atoms with Crippen LogP contribution < -0.4 is 0 Å². The molecule has 19 heavy (non-hydrogen) atoms. The maximum atomic E-state index is 11.5. The van der Waals surface area contributed by atoms with Crippen molar-refractivity contribution in [1.82, 2.24) is 19.6 Å². The number of carboxylic acid groups (broad SMARTS) is 1. The number of rotatable bonds is 5. The monoisotopic (exact) mass is 296 g/mol. The van der Waals surface area contributed by atoms with Gasteiger partial charge in [-0.15, -0.1) is 5.10 Å². The summed E-state index contributed by atoms with van der Waals surface area (Å²) in [5, 5.41) is 17.9. The molecular weight excluding hydrogens is 284 g/mol. The van der Waals surface area contributed by atoms with Gasteiger partial charge in [-0.2, -0.15) is 9.47 Å². The van der Waals surface area contributed by atoms with Crippen LogP contribution in [0.2, 0.25) is 0 Å². The number of aromatic carboxylic acids is 1. The zero-order chi connectivity index (χ0) is 13.8. The third kappa shape index (κ3) is 2.90. The van der Waals surface area contributed by atoms with Crippen molar-refractivity contribution < 1.29 is 9.90 Å². The zero-order valence-electron chi connectivity index (χ0n) is 10.5. The summed E-state index contributed by atoms with van der Waals surface area (Å²) in [6, 6.07) is 0. The predicted octanol–water partition coefficient (Wildman–Crippen LogP) is 2.30. The van der Waals surface area contributed by atoms with Gasteiger partial charge in [-0.1, -0.05) is 13.8 Å². The lowest BCUT2D eigenvalue weighted by Gasteiger charge is -2.10. The first-order valence-corrected chi connectivity index (χ1v) is 7.32. The fourth-order valence-corrected chi connectivity index (χ4v) is 3.19. The van der Waals surface area contributed by atoms with Crippen LogP contribution in [0.3, 0.4) is 0 Å². The van der Waals surface area contributed by atoms with Gasteiger partial charge >= 0.3 is 5.97 Å². The highest BCUT2D eigenvalue weighted by molar-refractivity contribution is 8.01. The van der Waals surface area contributed by atoms with Crippen LogP contribution in [0, 0.1) is 0 Å². The van der Waals surface area contributed by atoms with Crippen molar-refractivity contribution in [3.05, 3.63) is 23.1 Å². The molecule has 0 bridgehead atoms. The maximum absolute atomic E-state index is 11.5. The molecule has 0 aliphatic rings. The molecule has 0 fully saturated rings. The van der Waals surface area contributed by atoms with E-state index in [1.807, 2.05) is 13.8 Å². The van der Waals surface area contributed by atoms with E-state index in [0.29, 0.717) is 22.2 Å². The molecule has 100 valence electrons. The lowest BCUT2D eigenvalue weighted by Crippen LogP contribution is -2.11. The van der Waals surface area contributed by atoms with Crippen LogP contribution in [0.4, 0.5) is 0 Å². The second-order valence-corrected chi connectivity index (χ2v) is 5.64. The van der Waals surface area contributed by atoms with E-state index in [0.717, 1.165) is 11.3 Å². The number of nitrogens with zero attached hydrogens (tertiary/aromatic N) is 4. The average Bonchev–Trinajstić information content (AvgIpc) is 2.90. The first-order chi connectivity index (χ1) is 9.17. The van der Waals surface area contributed by atoms with Crippen LogP contribution in [-0.2, 0) is 12.8 Å². The van der Waals surface area contributed by atoms with Crippen LogP contribution >= 0.6 is 23.3 Å². The number of aromatic nitrogens is 4. The quantitative estimate of drug-likeness (QED) is 0.905. The molecule has 0 spiro atoms. The minimum atomic E-state index is -0.978. The molecule has 2 aromatic rings. The molecular formula is C11H12N4O2S2. The van der Waals surface area contributed by atoms with Crippen molar-refractivity contribution in [2.24, 2.45) is 0 Å². The zero-order valence-corrected chi connectivity index (χ0v) is 12.1. The Morgan fingerprint density at radius 3 is 2.68 bits per heavy atom. The number of hydrogen-bond acceptors (Lipinski definition) is 7. The molecule has 6 nitrogen and oxygen atoms in total. The van der Waals surface area contributed by atoms with Crippen LogP contribution in [0.25, 0.3) is 0 Å². The highest BCUT2D eigenvalue weighted by Crippen LogP contribution is 2.31. The highest BCUT2D eigenvalue weighted by Gasteiger charge is 2.21. The average molecular weight is 296 g/mol. The molecule has 0 saturated heterocycles. The fourth-order valence-electron chi connectivity index (χ4n) is 1.74. The summed E-state index contributed by atoms with van der Waals surface area (Å²) in [6.07, 6.45) is 2.71. The lowest BCUT2D eigenvalue weighted by molar-refractivity contribution is 0.0690. The van der Waals surface area contributed by atoms with Crippen molar-refractivity contribution in [2.75, 3.05) is 0 Å². The van der Waals surface area contributed by atoms with E-state index in [9.17, 15) is 9.90 Å². The van der Waals surface area contributed by atoms with Crippen LogP contribution in [-0.4, -0.2) is 30.6 Å². The molecule has 0 aliphatic carbocycles. The second-order valence-electron chi connectivity index (χ2n) is 3.63. The van der Waals surface area contributed by atoms with Gasteiger partial charge in [-0.25, -0.2) is 9.78 Å². The van der Waals surface area contributed by atoms with E-state index < -0.39 is 5.97 Å². The van der Waals surface area contributed by atoms with Gasteiger partial charge < -0.3 is 5.11 Å². The Labute approximate surface area is 118 Å². The Hall–Kier alpha value is -1.54. The van der Waals surface area contributed by atoms with Crippen molar-refractivity contribution in [2.45, 2.75) is 36.1 Å². The molecule has 2 rings (SSSR count). The topological polar surface area (TPSA) is 88.9 Å². The Kier molecular flexibility index (Phi) is 4.43. The first kappa shape index (κ1) is 13.9. The Morgan fingerprint density at radius 1 is 1.37 bits per heavy atom. The number of hydrogen-bond donors (Lipinski definition) is 1.